The molecule has 1 amide bonds. The van der Waals surface area contributed by atoms with Crippen molar-refractivity contribution in [3.8, 4) is 17.2 Å². The van der Waals surface area contributed by atoms with Crippen LogP contribution in [0.5, 0.6) is 0 Å². The summed E-state index contributed by atoms with van der Waals surface area (Å²) in [6.45, 7) is -1.04. The summed E-state index contributed by atoms with van der Waals surface area (Å²) in [7, 11) is 0. The monoisotopic (exact) mass is 734 g/mol. The van der Waals surface area contributed by atoms with Gasteiger partial charge in [0.2, 0.25) is 5.91 Å². The van der Waals surface area contributed by atoms with E-state index < -0.39 is 76.8 Å². The highest BCUT2D eigenvalue weighted by atomic mass is 32.2. The molecule has 7 nitrogen and oxygen atoms in total. The Hall–Kier alpha value is -4.56. The number of aromatic nitrogens is 4. The number of pyridine rings is 1. The smallest absolute Gasteiger partial charge is 0.346 e. The number of halogens is 8. The second kappa shape index (κ2) is 12.3. The zero-order valence-electron chi connectivity index (χ0n) is 25.6. The lowest BCUT2D eigenvalue weighted by Gasteiger charge is -2.34. The second-order valence-electron chi connectivity index (χ2n) is 12.0. The number of hydrogen-bond acceptors (Lipinski definition) is 7. The Kier molecular flexibility index (Phi) is 8.37. The first kappa shape index (κ1) is 33.9. The van der Waals surface area contributed by atoms with Gasteiger partial charge in [0.05, 0.1) is 22.0 Å². The number of hydrogen-bond donors (Lipinski definition) is 1. The van der Waals surface area contributed by atoms with Crippen LogP contribution < -0.4 is 5.32 Å². The Labute approximate surface area is 286 Å². The third-order valence-corrected chi connectivity index (χ3v) is 10.9. The lowest BCUT2D eigenvalue weighted by Crippen LogP contribution is -2.36. The van der Waals surface area contributed by atoms with E-state index in [2.05, 4.69) is 20.4 Å². The zero-order chi connectivity index (χ0) is 35.7. The fourth-order valence-electron chi connectivity index (χ4n) is 6.73. The van der Waals surface area contributed by atoms with Crippen molar-refractivity contribution in [1.82, 2.24) is 25.1 Å². The minimum atomic E-state index is -5.05. The van der Waals surface area contributed by atoms with Gasteiger partial charge in [-0.05, 0) is 72.9 Å². The maximum atomic E-state index is 15.4. The van der Waals surface area contributed by atoms with Crippen molar-refractivity contribution < 1.29 is 39.9 Å². The summed E-state index contributed by atoms with van der Waals surface area (Å²) in [6.07, 6.45) is -3.45. The van der Waals surface area contributed by atoms with E-state index in [-0.39, 0.29) is 52.9 Å². The van der Waals surface area contributed by atoms with E-state index in [9.17, 15) is 36.4 Å². The van der Waals surface area contributed by atoms with Crippen LogP contribution in [0.4, 0.5) is 35.1 Å². The van der Waals surface area contributed by atoms with Crippen LogP contribution in [-0.2, 0) is 29.9 Å². The van der Waals surface area contributed by atoms with Crippen molar-refractivity contribution in [3.63, 3.8) is 0 Å². The standard InChI is InChI=1S/C33H22F8N6OS2/c1-49-31-45-30-24(50-31)11-20(15-2-5-22(36)16(9-15)12-42)27(44-30)23(8-14-6-17(34)10-18(35)7-14)43-25(48)13-47-29-26(28(46-47)33(39,40)41)19-3-4-21(19)32(29,37)38/h2,5-7,9-11,19,21,23H,3-4,8,13H2,1H3,(H,43,48)/t19-,21+,23-/m0/s1. The number of alkyl halides is 5. The number of nitrogens with zero attached hydrogens (tertiary/aromatic N) is 5. The first-order valence-corrected chi connectivity index (χ1v) is 17.1. The van der Waals surface area contributed by atoms with Crippen LogP contribution in [0.3, 0.4) is 0 Å². The summed E-state index contributed by atoms with van der Waals surface area (Å²) in [5, 5.41) is 15.6. The van der Waals surface area contributed by atoms with E-state index in [0.717, 1.165) is 18.2 Å². The van der Waals surface area contributed by atoms with E-state index in [0.29, 0.717) is 19.8 Å². The van der Waals surface area contributed by atoms with Gasteiger partial charge in [0.25, 0.3) is 5.92 Å². The van der Waals surface area contributed by atoms with Crippen molar-refractivity contribution in [3.05, 3.63) is 93.7 Å². The summed E-state index contributed by atoms with van der Waals surface area (Å²) in [4.78, 5) is 22.8. The molecule has 0 saturated heterocycles. The van der Waals surface area contributed by atoms with Crippen molar-refractivity contribution in [1.29, 1.82) is 5.26 Å². The van der Waals surface area contributed by atoms with Crippen LogP contribution in [0.2, 0.25) is 0 Å². The largest absolute Gasteiger partial charge is 0.435 e. The van der Waals surface area contributed by atoms with Gasteiger partial charge in [-0.3, -0.25) is 9.48 Å². The van der Waals surface area contributed by atoms with E-state index in [1.54, 1.807) is 18.4 Å². The van der Waals surface area contributed by atoms with E-state index in [1.807, 2.05) is 0 Å². The van der Waals surface area contributed by atoms with Gasteiger partial charge in [-0.2, -0.15) is 32.3 Å². The highest BCUT2D eigenvalue weighted by Crippen LogP contribution is 2.64. The van der Waals surface area contributed by atoms with E-state index in [4.69, 9.17) is 0 Å². The number of fused-ring (bicyclic) bond motifs is 4. The third kappa shape index (κ3) is 5.87. The summed E-state index contributed by atoms with van der Waals surface area (Å²) in [6, 6.07) is 8.42. The molecule has 0 radical (unpaired) electrons. The number of nitrogens with one attached hydrogen (secondary N) is 1. The molecule has 17 heteroatoms. The number of benzene rings is 2. The molecule has 3 atom stereocenters. The van der Waals surface area contributed by atoms with Gasteiger partial charge in [0.1, 0.15) is 35.8 Å². The third-order valence-electron chi connectivity index (χ3n) is 8.97. The first-order valence-electron chi connectivity index (χ1n) is 15.0. The molecule has 0 spiro atoms. The molecule has 1 saturated carbocycles. The number of thioether (sulfide) groups is 1. The topological polar surface area (TPSA) is 96.5 Å². The second-order valence-corrected chi connectivity index (χ2v) is 14.1. The van der Waals surface area contributed by atoms with Gasteiger partial charge in [-0.15, -0.1) is 11.3 Å². The summed E-state index contributed by atoms with van der Waals surface area (Å²) < 4.78 is 117. The molecule has 1 fully saturated rings. The molecule has 2 aliphatic rings. The maximum Gasteiger partial charge on any atom is 0.435 e. The molecule has 7 rings (SSSR count). The Bertz CT molecular complexity index is 2210. The molecule has 50 heavy (non-hydrogen) atoms. The number of thiazole rings is 1. The van der Waals surface area contributed by atoms with Gasteiger partial charge < -0.3 is 5.32 Å². The predicted octanol–water partition coefficient (Wildman–Crippen LogP) is 8.28. The van der Waals surface area contributed by atoms with Gasteiger partial charge in [-0.1, -0.05) is 17.8 Å². The Morgan fingerprint density at radius 2 is 1.86 bits per heavy atom. The average molecular weight is 735 g/mol. The number of rotatable bonds is 8. The fourth-order valence-corrected chi connectivity index (χ4v) is 8.19. The van der Waals surface area contributed by atoms with Crippen molar-refractivity contribution in [2.24, 2.45) is 5.92 Å². The van der Waals surface area contributed by atoms with E-state index >= 15 is 8.78 Å². The lowest BCUT2D eigenvalue weighted by atomic mass is 9.73. The zero-order valence-corrected chi connectivity index (χ0v) is 27.2. The molecular formula is C33H22F8N6OS2. The highest BCUT2D eigenvalue weighted by Gasteiger charge is 2.63. The normalized spacial score (nSPS) is 18.3. The van der Waals surface area contributed by atoms with Crippen LogP contribution >= 0.6 is 23.1 Å². The highest BCUT2D eigenvalue weighted by molar-refractivity contribution is 8.00. The molecule has 0 aliphatic heterocycles. The van der Waals surface area contributed by atoms with Gasteiger partial charge in [-0.25, -0.2) is 23.1 Å². The molecule has 2 aromatic carbocycles. The molecule has 3 aromatic heterocycles. The lowest BCUT2D eigenvalue weighted by molar-refractivity contribution is -0.144. The van der Waals surface area contributed by atoms with Crippen molar-refractivity contribution in [2.75, 3.05) is 6.26 Å². The van der Waals surface area contributed by atoms with Gasteiger partial charge >= 0.3 is 6.18 Å². The van der Waals surface area contributed by atoms with Gasteiger partial charge in [0, 0.05) is 23.1 Å². The first-order chi connectivity index (χ1) is 23.7. The molecular weight excluding hydrogens is 713 g/mol. The number of carbonyl (C=O) groups excluding carboxylic acids is 1. The number of nitriles is 1. The Morgan fingerprint density at radius 1 is 1.12 bits per heavy atom. The maximum absolute atomic E-state index is 15.4. The minimum Gasteiger partial charge on any atom is -0.346 e. The predicted molar refractivity (Wildman–Crippen MR) is 167 cm³/mol. The molecule has 0 bridgehead atoms. The average Bonchev–Trinajstić information content (AvgIpc) is 3.64. The van der Waals surface area contributed by atoms with Crippen LogP contribution in [0, 0.1) is 34.7 Å². The molecule has 3 heterocycles. The van der Waals surface area contributed by atoms with Crippen molar-refractivity contribution in [2.45, 2.75) is 54.2 Å². The molecule has 5 aromatic rings. The van der Waals surface area contributed by atoms with Crippen molar-refractivity contribution >= 4 is 39.4 Å². The molecule has 2 aliphatic carbocycles. The summed E-state index contributed by atoms with van der Waals surface area (Å²) in [5.41, 5.74) is -2.47. The quantitative estimate of drug-likeness (QED) is 0.127. The molecule has 258 valence electrons. The van der Waals surface area contributed by atoms with Crippen LogP contribution in [0.25, 0.3) is 21.5 Å². The number of carbonyl (C=O) groups is 1. The van der Waals surface area contributed by atoms with Crippen LogP contribution in [0.1, 0.15) is 58.6 Å². The summed E-state index contributed by atoms with van der Waals surface area (Å²) >= 11 is 2.60. The van der Waals surface area contributed by atoms with Crippen LogP contribution in [0.15, 0.2) is 46.8 Å². The fraction of sp³-hybridized carbons (Fsp3) is 0.303. The minimum absolute atomic E-state index is 0.0187. The van der Waals surface area contributed by atoms with E-state index in [1.165, 1.54) is 35.2 Å². The van der Waals surface area contributed by atoms with Gasteiger partial charge in [0.15, 0.2) is 15.7 Å². The molecule has 0 unspecified atom stereocenters. The SMILES string of the molecule is CSc1nc2nc([C@H](Cc3cc(F)cc(F)c3)NC(=O)Cn3nc(C(F)(F)F)c4c3C(F)(F)[C@@H]3CC[C@H]43)c(-c3ccc(F)c(C#N)c3)cc2s1. The Morgan fingerprint density at radius 3 is 2.50 bits per heavy atom. The molecule has 1 N–H and O–H groups in total. The number of amides is 1. The summed E-state index contributed by atoms with van der Waals surface area (Å²) in [5.74, 6) is -9.75. The Balaban J connectivity index is 1.34. The van der Waals surface area contributed by atoms with Crippen LogP contribution in [-0.4, -0.2) is 31.9 Å².